The van der Waals surface area contributed by atoms with Crippen LogP contribution in [0.5, 0.6) is 0 Å². The molecule has 1 saturated heterocycles. The molecule has 2 aromatic carbocycles. The van der Waals surface area contributed by atoms with Gasteiger partial charge in [-0.2, -0.15) is 0 Å². The number of amides is 2. The van der Waals surface area contributed by atoms with E-state index in [0.717, 1.165) is 0 Å². The minimum atomic E-state index is -1.54. The van der Waals surface area contributed by atoms with E-state index in [1.54, 1.807) is 30.3 Å². The van der Waals surface area contributed by atoms with Crippen LogP contribution in [0.4, 0.5) is 5.69 Å². The Bertz CT molecular complexity index is 1320. The summed E-state index contributed by atoms with van der Waals surface area (Å²) in [6, 6.07) is 13.2. The lowest BCUT2D eigenvalue weighted by Gasteiger charge is -2.56. The van der Waals surface area contributed by atoms with Gasteiger partial charge >= 0.3 is 0 Å². The van der Waals surface area contributed by atoms with Crippen molar-refractivity contribution in [3.63, 3.8) is 0 Å². The average Bonchev–Trinajstić information content (AvgIpc) is 3.01. The Balaban J connectivity index is 1.77. The topological polar surface area (TPSA) is 113 Å². The van der Waals surface area contributed by atoms with Gasteiger partial charge in [-0.15, -0.1) is 0 Å². The van der Waals surface area contributed by atoms with Gasteiger partial charge in [0.05, 0.1) is 17.5 Å². The van der Waals surface area contributed by atoms with E-state index in [9.17, 15) is 19.5 Å². The van der Waals surface area contributed by atoms with Gasteiger partial charge in [0, 0.05) is 5.69 Å². The molecule has 0 radical (unpaired) electrons. The quantitative estimate of drug-likeness (QED) is 0.563. The highest BCUT2D eigenvalue weighted by molar-refractivity contribution is 6.09. The Labute approximate surface area is 164 Å². The van der Waals surface area contributed by atoms with E-state index in [1.807, 2.05) is 18.2 Å². The van der Waals surface area contributed by atoms with Crippen molar-refractivity contribution in [1.82, 2.24) is 14.9 Å². The minimum Gasteiger partial charge on any atom is -0.393 e. The molecule has 3 atom stereocenters. The van der Waals surface area contributed by atoms with Gasteiger partial charge in [0.1, 0.15) is 22.8 Å². The van der Waals surface area contributed by atoms with Gasteiger partial charge in [-0.3, -0.25) is 19.0 Å². The van der Waals surface area contributed by atoms with Crippen molar-refractivity contribution in [2.75, 3.05) is 11.9 Å². The first-order chi connectivity index (χ1) is 14.0. The van der Waals surface area contributed by atoms with Crippen molar-refractivity contribution in [2.45, 2.75) is 23.4 Å². The second-order valence-electron chi connectivity index (χ2n) is 7.81. The summed E-state index contributed by atoms with van der Waals surface area (Å²) < 4.78 is 1.36. The van der Waals surface area contributed by atoms with Crippen molar-refractivity contribution in [1.29, 1.82) is 0 Å². The number of hydrogen-bond acceptors (Lipinski definition) is 5. The fraction of sp³-hybridized carbons (Fsp3) is 0.238. The Morgan fingerprint density at radius 3 is 2.69 bits per heavy atom. The molecule has 2 bridgehead atoms. The Kier molecular flexibility index (Phi) is 2.89. The number of rotatable bonds is 1. The van der Waals surface area contributed by atoms with Gasteiger partial charge in [-0.05, 0) is 30.2 Å². The molecule has 4 aliphatic heterocycles. The molecule has 3 aromatic rings. The van der Waals surface area contributed by atoms with Crippen LogP contribution in [-0.4, -0.2) is 33.1 Å². The summed E-state index contributed by atoms with van der Waals surface area (Å²) in [4.78, 5) is 44.2. The molecule has 5 heterocycles. The average molecular weight is 388 g/mol. The second kappa shape index (κ2) is 5.09. The summed E-state index contributed by atoms with van der Waals surface area (Å²) in [5, 5.41) is 16.8. The number of aromatic nitrogens is 2. The first kappa shape index (κ1) is 16.4. The van der Waals surface area contributed by atoms with Gasteiger partial charge in [0.2, 0.25) is 11.8 Å². The molecule has 144 valence electrons. The molecule has 3 unspecified atom stereocenters. The van der Waals surface area contributed by atoms with Crippen LogP contribution in [0, 0.1) is 0 Å². The van der Waals surface area contributed by atoms with E-state index in [-0.39, 0.29) is 23.7 Å². The summed E-state index contributed by atoms with van der Waals surface area (Å²) in [6.45, 7) is -0.571. The fourth-order valence-corrected chi connectivity index (χ4v) is 5.34. The molecular weight excluding hydrogens is 372 g/mol. The molecule has 0 aliphatic carbocycles. The van der Waals surface area contributed by atoms with Crippen molar-refractivity contribution in [3.8, 4) is 0 Å². The predicted molar refractivity (Wildman–Crippen MR) is 103 cm³/mol. The smallest absolute Gasteiger partial charge is 0.262 e. The number of piperidine rings is 1. The van der Waals surface area contributed by atoms with Crippen molar-refractivity contribution in [2.24, 2.45) is 0 Å². The van der Waals surface area contributed by atoms with Gasteiger partial charge in [-0.1, -0.05) is 30.3 Å². The van der Waals surface area contributed by atoms with Crippen LogP contribution in [0.15, 0.2) is 53.3 Å². The third kappa shape index (κ3) is 1.65. The van der Waals surface area contributed by atoms with Crippen LogP contribution in [0.1, 0.15) is 23.9 Å². The van der Waals surface area contributed by atoms with Crippen molar-refractivity contribution < 1.29 is 14.7 Å². The van der Waals surface area contributed by atoms with Gasteiger partial charge in [0.15, 0.2) is 0 Å². The number of fused-ring (bicyclic) bond motifs is 3. The standard InChI is InChI=1S/C21H16N4O4/c26-10-21-18-22-13-7-3-1-5-11(13)17(28)25(18)15(16(27)24-21)9-20(21)12-6-2-4-8-14(12)23-19(20)29/h1-8,15,26H,9-10H2,(H,23,29)(H,24,27). The number of carbonyl (C=O) groups excluding carboxylic acids is 2. The van der Waals surface area contributed by atoms with Crippen molar-refractivity contribution >= 4 is 28.4 Å². The molecule has 8 nitrogen and oxygen atoms in total. The molecule has 1 spiro atoms. The van der Waals surface area contributed by atoms with Crippen LogP contribution in [0.3, 0.4) is 0 Å². The maximum atomic E-state index is 13.3. The van der Waals surface area contributed by atoms with Crippen LogP contribution in [0.2, 0.25) is 0 Å². The predicted octanol–water partition coefficient (Wildman–Crippen LogP) is 0.549. The van der Waals surface area contributed by atoms with Gasteiger partial charge < -0.3 is 15.7 Å². The number of nitrogens with zero attached hydrogens (tertiary/aromatic N) is 2. The largest absolute Gasteiger partial charge is 0.393 e. The van der Waals surface area contributed by atoms with E-state index in [0.29, 0.717) is 22.2 Å². The normalized spacial score (nSPS) is 28.9. The zero-order chi connectivity index (χ0) is 20.0. The zero-order valence-electron chi connectivity index (χ0n) is 15.2. The molecule has 29 heavy (non-hydrogen) atoms. The lowest BCUT2D eigenvalue weighted by molar-refractivity contribution is -0.146. The molecule has 3 N–H and O–H groups in total. The SMILES string of the molecule is O=C1NC2(CO)c3nc4ccccc4c(=O)n3C1CC21C(=O)Nc2ccccc21. The van der Waals surface area contributed by atoms with Crippen molar-refractivity contribution in [3.05, 3.63) is 70.3 Å². The van der Waals surface area contributed by atoms with Crippen LogP contribution in [0.25, 0.3) is 10.9 Å². The second-order valence-corrected chi connectivity index (χ2v) is 7.81. The van der Waals surface area contributed by atoms with Gasteiger partial charge in [-0.25, -0.2) is 4.98 Å². The van der Waals surface area contributed by atoms with Crippen LogP contribution >= 0.6 is 0 Å². The molecule has 4 aliphatic rings. The summed E-state index contributed by atoms with van der Waals surface area (Å²) in [5.41, 5.74) is -1.35. The highest BCUT2D eigenvalue weighted by Crippen LogP contribution is 2.58. The number of benzene rings is 2. The van der Waals surface area contributed by atoms with E-state index in [4.69, 9.17) is 0 Å². The first-order valence-corrected chi connectivity index (χ1v) is 9.39. The third-order valence-corrected chi connectivity index (χ3v) is 6.63. The maximum Gasteiger partial charge on any atom is 0.262 e. The number of carbonyl (C=O) groups is 2. The Morgan fingerprint density at radius 2 is 1.86 bits per heavy atom. The highest BCUT2D eigenvalue weighted by atomic mass is 16.3. The molecule has 1 aromatic heterocycles. The molecule has 8 heteroatoms. The summed E-state index contributed by atoms with van der Waals surface area (Å²) in [5.74, 6) is -0.494. The number of aliphatic hydroxyl groups is 1. The monoisotopic (exact) mass is 388 g/mol. The van der Waals surface area contributed by atoms with Gasteiger partial charge in [0.25, 0.3) is 5.56 Å². The fourth-order valence-electron chi connectivity index (χ4n) is 5.34. The van der Waals surface area contributed by atoms with E-state index < -0.39 is 29.5 Å². The highest BCUT2D eigenvalue weighted by Gasteiger charge is 2.71. The van der Waals surface area contributed by atoms with E-state index in [1.165, 1.54) is 4.57 Å². The van der Waals surface area contributed by atoms with E-state index >= 15 is 0 Å². The van der Waals surface area contributed by atoms with E-state index in [2.05, 4.69) is 15.6 Å². The summed E-state index contributed by atoms with van der Waals surface area (Å²) in [7, 11) is 0. The first-order valence-electron chi connectivity index (χ1n) is 9.39. The number of aliphatic hydroxyl groups excluding tert-OH is 1. The molecule has 1 fully saturated rings. The lowest BCUT2D eigenvalue weighted by Crippen LogP contribution is -2.75. The third-order valence-electron chi connectivity index (χ3n) is 6.63. The maximum absolute atomic E-state index is 13.3. The molecule has 2 amide bonds. The zero-order valence-corrected chi connectivity index (χ0v) is 15.2. The van der Waals surface area contributed by atoms with Crippen LogP contribution < -0.4 is 16.2 Å². The Morgan fingerprint density at radius 1 is 1.10 bits per heavy atom. The van der Waals surface area contributed by atoms with Crippen LogP contribution in [-0.2, 0) is 20.5 Å². The lowest BCUT2D eigenvalue weighted by atomic mass is 9.57. The number of hydrogen-bond donors (Lipinski definition) is 3. The molecular formula is C21H16N4O4. The molecule has 7 rings (SSSR count). The Hall–Kier alpha value is -3.52. The number of nitrogens with one attached hydrogen (secondary N) is 2. The minimum absolute atomic E-state index is 0.0785. The number of para-hydroxylation sites is 2. The summed E-state index contributed by atoms with van der Waals surface area (Å²) >= 11 is 0. The molecule has 0 saturated carbocycles. The summed E-state index contributed by atoms with van der Waals surface area (Å²) in [6.07, 6.45) is 0.0785. The number of anilines is 1.